The molecule has 0 spiro atoms. The zero-order valence-electron chi connectivity index (χ0n) is 20.4. The maximum Gasteiger partial charge on any atom is 0.306 e. The fourth-order valence-electron chi connectivity index (χ4n) is 8.79. The van der Waals surface area contributed by atoms with Crippen LogP contribution in [0, 0.1) is 34.5 Å². The first-order valence-electron chi connectivity index (χ1n) is 12.7. The quantitative estimate of drug-likeness (QED) is 0.601. The van der Waals surface area contributed by atoms with Crippen molar-refractivity contribution in [3.05, 3.63) is 0 Å². The third-order valence-corrected chi connectivity index (χ3v) is 10.4. The molecule has 4 saturated carbocycles. The van der Waals surface area contributed by atoms with E-state index in [1.165, 1.54) is 0 Å². The predicted octanol–water partition coefficient (Wildman–Crippen LogP) is 3.55. The third kappa shape index (κ3) is 3.06. The van der Waals surface area contributed by atoms with E-state index in [0.717, 1.165) is 0 Å². The van der Waals surface area contributed by atoms with E-state index in [4.69, 9.17) is 4.74 Å². The fraction of sp³-hybridized carbons (Fsp3) is 0.885. The molecule has 4 rings (SSSR count). The molecule has 7 heteroatoms. The molecule has 4 fully saturated rings. The predicted molar refractivity (Wildman–Crippen MR) is 119 cm³/mol. The smallest absolute Gasteiger partial charge is 0.306 e. The Bertz CT molecular complexity index is 845. The van der Waals surface area contributed by atoms with Crippen molar-refractivity contribution in [1.82, 2.24) is 0 Å². The molecule has 0 heterocycles. The summed E-state index contributed by atoms with van der Waals surface area (Å²) < 4.78 is 23.3. The molecule has 9 atom stereocenters. The fourth-order valence-corrected chi connectivity index (χ4v) is 8.79. The summed E-state index contributed by atoms with van der Waals surface area (Å²) >= 11 is 0. The molecule has 0 aromatic carbocycles. The van der Waals surface area contributed by atoms with Gasteiger partial charge >= 0.3 is 5.97 Å². The molecule has 186 valence electrons. The average molecular weight is 467 g/mol. The number of carbonyl (C=O) groups excluding carboxylic acids is 3. The first-order chi connectivity index (χ1) is 15.4. The number of carbonyl (C=O) groups is 3. The first kappa shape index (κ1) is 24.8. The van der Waals surface area contributed by atoms with Crippen molar-refractivity contribution < 1.29 is 33.7 Å². The van der Waals surface area contributed by atoms with Crippen molar-refractivity contribution in [1.29, 1.82) is 0 Å². The summed E-state index contributed by atoms with van der Waals surface area (Å²) in [4.78, 5) is 38.1. The Morgan fingerprint density at radius 3 is 2.52 bits per heavy atom. The van der Waals surface area contributed by atoms with Crippen LogP contribution in [0.4, 0.5) is 4.39 Å². The molecule has 2 N–H and O–H groups in total. The average Bonchev–Trinajstić information content (AvgIpc) is 2.97. The summed E-state index contributed by atoms with van der Waals surface area (Å²) in [6, 6.07) is 0. The van der Waals surface area contributed by atoms with Crippen molar-refractivity contribution in [2.24, 2.45) is 34.5 Å². The number of aliphatic hydroxyl groups is 2. The van der Waals surface area contributed by atoms with Gasteiger partial charge in [0.1, 0.15) is 18.1 Å². The van der Waals surface area contributed by atoms with Gasteiger partial charge in [-0.3, -0.25) is 14.4 Å². The number of ketones is 2. The van der Waals surface area contributed by atoms with Crippen LogP contribution < -0.4 is 0 Å². The van der Waals surface area contributed by atoms with Gasteiger partial charge in [0.05, 0.1) is 6.10 Å². The number of aliphatic hydroxyl groups excluding tert-OH is 2. The topological polar surface area (TPSA) is 101 Å². The molecule has 0 radical (unpaired) electrons. The van der Waals surface area contributed by atoms with E-state index in [1.54, 1.807) is 0 Å². The van der Waals surface area contributed by atoms with Gasteiger partial charge in [0, 0.05) is 36.0 Å². The van der Waals surface area contributed by atoms with E-state index in [9.17, 15) is 24.6 Å². The minimum atomic E-state index is -1.87. The maximum atomic E-state index is 17.3. The van der Waals surface area contributed by atoms with Crippen LogP contribution in [-0.4, -0.2) is 51.7 Å². The van der Waals surface area contributed by atoms with Crippen LogP contribution in [0.3, 0.4) is 0 Å². The molecule has 0 aromatic rings. The van der Waals surface area contributed by atoms with E-state index in [2.05, 4.69) is 0 Å². The summed E-state index contributed by atoms with van der Waals surface area (Å²) in [6.07, 6.45) is 2.20. The molecular weight excluding hydrogens is 427 g/mol. The number of fused-ring (bicyclic) bond motifs is 5. The Hall–Kier alpha value is -1.34. The Morgan fingerprint density at radius 2 is 1.88 bits per heavy atom. The third-order valence-electron chi connectivity index (χ3n) is 10.4. The van der Waals surface area contributed by atoms with Gasteiger partial charge in [0.25, 0.3) is 0 Å². The molecule has 0 aliphatic heterocycles. The molecular formula is C26H39FO6. The molecule has 6 nitrogen and oxygen atoms in total. The van der Waals surface area contributed by atoms with Crippen molar-refractivity contribution in [2.75, 3.05) is 6.61 Å². The minimum absolute atomic E-state index is 0.0175. The van der Waals surface area contributed by atoms with Gasteiger partial charge < -0.3 is 14.9 Å². The van der Waals surface area contributed by atoms with Crippen molar-refractivity contribution >= 4 is 17.5 Å². The SMILES string of the molecule is CCCC(=O)O[C@@]1(C(=O)CO)[C@@H](C)C[C@H]2[C@@H]3CC[C@H]4CC(=O)CC[C@]4(C)[C@@]3(F)[C@@H](O)C[C@@]21C. The van der Waals surface area contributed by atoms with Crippen molar-refractivity contribution in [2.45, 2.75) is 103 Å². The Morgan fingerprint density at radius 1 is 1.18 bits per heavy atom. The van der Waals surface area contributed by atoms with E-state index in [0.29, 0.717) is 44.9 Å². The number of Topliss-reactive ketones (excluding diaryl/α,β-unsaturated/α-hetero) is 2. The largest absolute Gasteiger partial charge is 0.450 e. The van der Waals surface area contributed by atoms with Crippen LogP contribution in [-0.2, 0) is 19.1 Å². The monoisotopic (exact) mass is 466 g/mol. The Balaban J connectivity index is 1.79. The van der Waals surface area contributed by atoms with Gasteiger partial charge in [-0.05, 0) is 56.3 Å². The molecule has 4 aliphatic rings. The molecule has 4 aliphatic carbocycles. The van der Waals surface area contributed by atoms with E-state index >= 15 is 4.39 Å². The van der Waals surface area contributed by atoms with Crippen LogP contribution in [0.1, 0.15) is 85.5 Å². The van der Waals surface area contributed by atoms with Crippen molar-refractivity contribution in [3.8, 4) is 0 Å². The lowest BCUT2D eigenvalue weighted by atomic mass is 9.42. The van der Waals surface area contributed by atoms with Gasteiger partial charge in [0.2, 0.25) is 5.78 Å². The van der Waals surface area contributed by atoms with Gasteiger partial charge in [-0.25, -0.2) is 4.39 Å². The second kappa shape index (κ2) is 8.11. The van der Waals surface area contributed by atoms with Crippen LogP contribution in [0.5, 0.6) is 0 Å². The number of rotatable bonds is 5. The minimum Gasteiger partial charge on any atom is -0.450 e. The summed E-state index contributed by atoms with van der Waals surface area (Å²) in [6.45, 7) is 6.66. The second-order valence-electron chi connectivity index (χ2n) is 11.7. The highest BCUT2D eigenvalue weighted by Crippen LogP contribution is 2.72. The molecule has 0 amide bonds. The standard InChI is InChI=1S/C26H39FO6/c1-5-6-22(32)33-26(21(31)14-28)15(2)11-19-18-8-7-16-12-17(29)9-10-23(16,3)25(18,27)20(30)13-24(19,26)4/h15-16,18-20,28,30H,5-14H2,1-4H3/t15-,16-,18-,19-,20-,23-,24-,25-,26+/m0/s1. The van der Waals surface area contributed by atoms with Gasteiger partial charge in [0.15, 0.2) is 5.60 Å². The number of halogens is 1. The number of hydrogen-bond donors (Lipinski definition) is 2. The summed E-state index contributed by atoms with van der Waals surface area (Å²) in [5.41, 5.74) is -5.24. The zero-order valence-corrected chi connectivity index (χ0v) is 20.4. The van der Waals surface area contributed by atoms with Gasteiger partial charge in [-0.1, -0.05) is 27.7 Å². The Labute approximate surface area is 195 Å². The second-order valence-corrected chi connectivity index (χ2v) is 11.7. The van der Waals surface area contributed by atoms with Crippen LogP contribution >= 0.6 is 0 Å². The van der Waals surface area contributed by atoms with Crippen LogP contribution in [0.2, 0.25) is 0 Å². The van der Waals surface area contributed by atoms with Gasteiger partial charge in [-0.15, -0.1) is 0 Å². The summed E-state index contributed by atoms with van der Waals surface area (Å²) in [5, 5.41) is 21.4. The molecule has 0 aromatic heterocycles. The number of alkyl halides is 1. The van der Waals surface area contributed by atoms with E-state index in [-0.39, 0.29) is 30.5 Å². The lowest BCUT2D eigenvalue weighted by Gasteiger charge is -2.65. The molecule has 0 saturated heterocycles. The number of hydrogen-bond acceptors (Lipinski definition) is 6. The highest BCUT2D eigenvalue weighted by molar-refractivity contribution is 5.92. The lowest BCUT2D eigenvalue weighted by Crippen LogP contribution is -2.71. The number of esters is 1. The molecule has 0 bridgehead atoms. The van der Waals surface area contributed by atoms with Crippen LogP contribution in [0.15, 0.2) is 0 Å². The van der Waals surface area contributed by atoms with Crippen LogP contribution in [0.25, 0.3) is 0 Å². The molecule has 0 unspecified atom stereocenters. The summed E-state index contributed by atoms with van der Waals surface area (Å²) in [5.74, 6) is -2.17. The van der Waals surface area contributed by atoms with Crippen molar-refractivity contribution in [3.63, 3.8) is 0 Å². The highest BCUT2D eigenvalue weighted by Gasteiger charge is 2.77. The zero-order chi connectivity index (χ0) is 24.4. The molecule has 33 heavy (non-hydrogen) atoms. The highest BCUT2D eigenvalue weighted by atomic mass is 19.1. The van der Waals surface area contributed by atoms with E-state index < -0.39 is 58.4 Å². The normalized spacial score (nSPS) is 49.1. The van der Waals surface area contributed by atoms with Gasteiger partial charge in [-0.2, -0.15) is 0 Å². The van der Waals surface area contributed by atoms with E-state index in [1.807, 2.05) is 27.7 Å². The first-order valence-corrected chi connectivity index (χ1v) is 12.7. The maximum absolute atomic E-state index is 17.3. The Kier molecular flexibility index (Phi) is 6.09. The number of ether oxygens (including phenoxy) is 1. The lowest BCUT2D eigenvalue weighted by molar-refractivity contribution is -0.257. The summed E-state index contributed by atoms with van der Waals surface area (Å²) in [7, 11) is 0.